The summed E-state index contributed by atoms with van der Waals surface area (Å²) in [7, 11) is 0. The molecule has 1 amide bonds. The average molecular weight is 337 g/mol. The van der Waals surface area contributed by atoms with Gasteiger partial charge in [0, 0.05) is 23.9 Å². The van der Waals surface area contributed by atoms with E-state index < -0.39 is 11.7 Å². The fourth-order valence-corrected chi connectivity index (χ4v) is 3.40. The van der Waals surface area contributed by atoms with Crippen LogP contribution in [0.5, 0.6) is 0 Å². The molecule has 0 radical (unpaired) electrons. The summed E-state index contributed by atoms with van der Waals surface area (Å²) in [5, 5.41) is 9.37. The lowest BCUT2D eigenvalue weighted by Crippen LogP contribution is -2.38. The van der Waals surface area contributed by atoms with Crippen molar-refractivity contribution in [1.29, 1.82) is 0 Å². The number of rotatable bonds is 4. The molecule has 2 atom stereocenters. The molecule has 0 aliphatic heterocycles. The molecule has 0 unspecified atom stereocenters. The molecule has 1 aliphatic carbocycles. The Labute approximate surface area is 137 Å². The van der Waals surface area contributed by atoms with Gasteiger partial charge in [-0.3, -0.25) is 9.89 Å². The van der Waals surface area contributed by atoms with Crippen LogP contribution in [-0.2, 0) is 17.4 Å². The largest absolute Gasteiger partial charge is 0.416 e. The van der Waals surface area contributed by atoms with Crippen LogP contribution in [0.25, 0.3) is 0 Å². The molecule has 1 aromatic carbocycles. The zero-order valence-electron chi connectivity index (χ0n) is 12.9. The van der Waals surface area contributed by atoms with Crippen molar-refractivity contribution in [1.82, 2.24) is 15.5 Å². The molecule has 1 aromatic heterocycles. The summed E-state index contributed by atoms with van der Waals surface area (Å²) in [6.45, 7) is 0. The van der Waals surface area contributed by atoms with Crippen molar-refractivity contribution in [3.05, 3.63) is 53.3 Å². The minimum absolute atomic E-state index is 0.143. The fraction of sp³-hybridized carbons (Fsp3) is 0.412. The van der Waals surface area contributed by atoms with Crippen molar-refractivity contribution in [3.63, 3.8) is 0 Å². The first-order valence-corrected chi connectivity index (χ1v) is 7.89. The molecule has 7 heteroatoms. The minimum Gasteiger partial charge on any atom is -0.352 e. The lowest BCUT2D eigenvalue weighted by molar-refractivity contribution is -0.138. The van der Waals surface area contributed by atoms with Gasteiger partial charge in [-0.2, -0.15) is 18.3 Å². The highest BCUT2D eigenvalue weighted by atomic mass is 19.4. The van der Waals surface area contributed by atoms with Gasteiger partial charge in [0.2, 0.25) is 5.91 Å². The number of amides is 1. The van der Waals surface area contributed by atoms with E-state index in [0.29, 0.717) is 18.5 Å². The highest BCUT2D eigenvalue weighted by Gasteiger charge is 2.38. The number of carbonyl (C=O) groups is 1. The van der Waals surface area contributed by atoms with E-state index in [1.165, 1.54) is 12.1 Å². The minimum atomic E-state index is -4.39. The highest BCUT2D eigenvalue weighted by molar-refractivity contribution is 5.78. The van der Waals surface area contributed by atoms with Gasteiger partial charge in [0.05, 0.1) is 12.0 Å². The summed E-state index contributed by atoms with van der Waals surface area (Å²) in [5.74, 6) is -0.519. The molecule has 24 heavy (non-hydrogen) atoms. The summed E-state index contributed by atoms with van der Waals surface area (Å²) in [6.07, 6.45) is -0.562. The predicted octanol–water partition coefficient (Wildman–Crippen LogP) is 3.42. The Balaban J connectivity index is 1.75. The van der Waals surface area contributed by atoms with Gasteiger partial charge in [0.1, 0.15) is 0 Å². The van der Waals surface area contributed by atoms with E-state index in [2.05, 4.69) is 15.5 Å². The number of nitrogens with zero attached hydrogens (tertiary/aromatic N) is 1. The Kier molecular flexibility index (Phi) is 4.59. The van der Waals surface area contributed by atoms with Crippen LogP contribution in [-0.4, -0.2) is 22.1 Å². The molecule has 1 heterocycles. The number of hydrogen-bond acceptors (Lipinski definition) is 2. The third-order valence-electron chi connectivity index (χ3n) is 4.44. The van der Waals surface area contributed by atoms with Crippen molar-refractivity contribution in [2.24, 2.45) is 0 Å². The maximum absolute atomic E-state index is 13.2. The molecule has 0 saturated heterocycles. The van der Waals surface area contributed by atoms with E-state index in [9.17, 15) is 18.0 Å². The quantitative estimate of drug-likeness (QED) is 0.898. The molecular weight excluding hydrogens is 319 g/mol. The summed E-state index contributed by atoms with van der Waals surface area (Å²) >= 11 is 0. The normalized spacial score (nSPS) is 21.0. The van der Waals surface area contributed by atoms with Crippen LogP contribution in [0.4, 0.5) is 13.2 Å². The fourth-order valence-electron chi connectivity index (χ4n) is 3.40. The number of nitrogens with one attached hydrogen (secondary N) is 2. The first kappa shape index (κ1) is 16.5. The van der Waals surface area contributed by atoms with Gasteiger partial charge in [-0.1, -0.05) is 24.6 Å². The number of hydrogen-bond donors (Lipinski definition) is 2. The summed E-state index contributed by atoms with van der Waals surface area (Å²) < 4.78 is 39.7. The number of benzene rings is 1. The second-order valence-corrected chi connectivity index (χ2v) is 6.06. The van der Waals surface area contributed by atoms with Crippen LogP contribution >= 0.6 is 0 Å². The van der Waals surface area contributed by atoms with Gasteiger partial charge in [0.25, 0.3) is 0 Å². The maximum atomic E-state index is 13.2. The first-order chi connectivity index (χ1) is 11.4. The summed E-state index contributed by atoms with van der Waals surface area (Å²) in [6, 6.07) is 7.07. The van der Waals surface area contributed by atoms with Gasteiger partial charge in [0.15, 0.2) is 0 Å². The van der Waals surface area contributed by atoms with Crippen LogP contribution in [0.2, 0.25) is 0 Å². The van der Waals surface area contributed by atoms with Crippen LogP contribution in [0.15, 0.2) is 36.5 Å². The Hall–Kier alpha value is -2.31. The number of alkyl halides is 3. The number of H-pyrrole nitrogens is 1. The molecule has 1 aliphatic rings. The number of carbonyl (C=O) groups excluding carboxylic acids is 1. The first-order valence-electron chi connectivity index (χ1n) is 7.89. The average Bonchev–Trinajstić information content (AvgIpc) is 3.18. The van der Waals surface area contributed by atoms with Gasteiger partial charge >= 0.3 is 6.18 Å². The predicted molar refractivity (Wildman–Crippen MR) is 82.3 cm³/mol. The molecule has 128 valence electrons. The zero-order valence-corrected chi connectivity index (χ0v) is 12.9. The smallest absolute Gasteiger partial charge is 0.352 e. The van der Waals surface area contributed by atoms with Crippen LogP contribution in [0, 0.1) is 0 Å². The molecule has 2 aromatic rings. The monoisotopic (exact) mass is 337 g/mol. The molecule has 3 rings (SSSR count). The van der Waals surface area contributed by atoms with Gasteiger partial charge < -0.3 is 5.32 Å². The van der Waals surface area contributed by atoms with Crippen LogP contribution in [0.1, 0.15) is 42.0 Å². The van der Waals surface area contributed by atoms with Crippen molar-refractivity contribution in [2.45, 2.75) is 43.8 Å². The van der Waals surface area contributed by atoms with E-state index in [-0.39, 0.29) is 29.9 Å². The Morgan fingerprint density at radius 1 is 1.25 bits per heavy atom. The van der Waals surface area contributed by atoms with Gasteiger partial charge in [-0.25, -0.2) is 0 Å². The highest BCUT2D eigenvalue weighted by Crippen LogP contribution is 2.41. The topological polar surface area (TPSA) is 57.8 Å². The molecule has 0 spiro atoms. The standard InChI is InChI=1S/C17H18F3N3O/c18-17(19,20)14-6-2-1-4-12(14)13-5-3-7-15(13)22-16(24)10-11-8-9-21-23-11/h1-2,4,6,8-9,13,15H,3,5,7,10H2,(H,21,23)(H,22,24)/t13-,15-/m0/s1. The number of halogens is 3. The second kappa shape index (κ2) is 6.67. The van der Waals surface area contributed by atoms with Crippen molar-refractivity contribution in [3.8, 4) is 0 Å². The van der Waals surface area contributed by atoms with Crippen molar-refractivity contribution >= 4 is 5.91 Å². The lowest BCUT2D eigenvalue weighted by Gasteiger charge is -2.24. The van der Waals surface area contributed by atoms with Crippen molar-refractivity contribution < 1.29 is 18.0 Å². The molecule has 1 saturated carbocycles. The Morgan fingerprint density at radius 3 is 2.75 bits per heavy atom. The van der Waals surface area contributed by atoms with E-state index in [1.807, 2.05) is 0 Å². The third kappa shape index (κ3) is 3.60. The Bertz CT molecular complexity index is 697. The Morgan fingerprint density at radius 2 is 2.04 bits per heavy atom. The van der Waals surface area contributed by atoms with Crippen LogP contribution < -0.4 is 5.32 Å². The molecule has 1 fully saturated rings. The molecule has 2 N–H and O–H groups in total. The maximum Gasteiger partial charge on any atom is 0.416 e. The van der Waals surface area contributed by atoms with E-state index in [1.54, 1.807) is 18.3 Å². The summed E-state index contributed by atoms with van der Waals surface area (Å²) in [5.41, 5.74) is 0.344. The third-order valence-corrected chi connectivity index (χ3v) is 4.44. The van der Waals surface area contributed by atoms with Crippen LogP contribution in [0.3, 0.4) is 0 Å². The molecule has 4 nitrogen and oxygen atoms in total. The van der Waals surface area contributed by atoms with Gasteiger partial charge in [-0.15, -0.1) is 0 Å². The number of aromatic amines is 1. The molecular formula is C17H18F3N3O. The van der Waals surface area contributed by atoms with Crippen molar-refractivity contribution in [2.75, 3.05) is 0 Å². The van der Waals surface area contributed by atoms with E-state index in [4.69, 9.17) is 0 Å². The van der Waals surface area contributed by atoms with Gasteiger partial charge in [-0.05, 0) is 30.5 Å². The zero-order chi connectivity index (χ0) is 17.2. The number of aromatic nitrogens is 2. The SMILES string of the molecule is O=C(Cc1ccn[nH]1)N[C@H]1CCC[C@H]1c1ccccc1C(F)(F)F. The lowest BCUT2D eigenvalue weighted by atomic mass is 9.89. The van der Waals surface area contributed by atoms with E-state index >= 15 is 0 Å². The second-order valence-electron chi connectivity index (χ2n) is 6.06. The summed E-state index contributed by atoms with van der Waals surface area (Å²) in [4.78, 5) is 12.1. The van der Waals surface area contributed by atoms with E-state index in [0.717, 1.165) is 12.5 Å². The molecule has 0 bridgehead atoms.